The standard InChI is InChI=1S/C15H23N/c1-11-8-9-12(2)14(10-11)15(16)13-6-4-3-5-7-13/h8-10,13,15H,3-7,16H2,1-2H3. The van der Waals surface area contributed by atoms with Gasteiger partial charge in [-0.15, -0.1) is 0 Å². The van der Waals surface area contributed by atoms with Gasteiger partial charge in [-0.2, -0.15) is 0 Å². The van der Waals surface area contributed by atoms with Crippen LogP contribution in [0, 0.1) is 19.8 Å². The molecule has 2 rings (SSSR count). The molecule has 1 aliphatic rings. The third-order valence-corrected chi connectivity index (χ3v) is 3.95. The molecule has 88 valence electrons. The summed E-state index contributed by atoms with van der Waals surface area (Å²) in [5.41, 5.74) is 10.5. The molecule has 1 aliphatic carbocycles. The van der Waals surface area contributed by atoms with Crippen molar-refractivity contribution in [2.45, 2.75) is 52.0 Å². The van der Waals surface area contributed by atoms with Crippen LogP contribution in [0.2, 0.25) is 0 Å². The Bertz CT molecular complexity index is 350. The van der Waals surface area contributed by atoms with Gasteiger partial charge in [-0.1, -0.05) is 43.0 Å². The lowest BCUT2D eigenvalue weighted by Gasteiger charge is -2.29. The van der Waals surface area contributed by atoms with Crippen molar-refractivity contribution in [3.8, 4) is 0 Å². The van der Waals surface area contributed by atoms with Crippen LogP contribution in [0.25, 0.3) is 0 Å². The first kappa shape index (κ1) is 11.7. The lowest BCUT2D eigenvalue weighted by molar-refractivity contribution is 0.307. The van der Waals surface area contributed by atoms with Gasteiger partial charge in [-0.05, 0) is 43.7 Å². The van der Waals surface area contributed by atoms with Gasteiger partial charge >= 0.3 is 0 Å². The second-order valence-electron chi connectivity index (χ2n) is 5.28. The molecule has 0 bridgehead atoms. The van der Waals surface area contributed by atoms with E-state index in [4.69, 9.17) is 5.73 Å². The van der Waals surface area contributed by atoms with Crippen molar-refractivity contribution < 1.29 is 0 Å². The normalized spacial score (nSPS) is 19.7. The Hall–Kier alpha value is -0.820. The minimum absolute atomic E-state index is 0.250. The molecular formula is C15H23N. The summed E-state index contributed by atoms with van der Waals surface area (Å²) in [6, 6.07) is 6.90. The maximum Gasteiger partial charge on any atom is 0.0326 e. The highest BCUT2D eigenvalue weighted by molar-refractivity contribution is 5.33. The van der Waals surface area contributed by atoms with Crippen LogP contribution in [0.15, 0.2) is 18.2 Å². The van der Waals surface area contributed by atoms with Gasteiger partial charge in [-0.3, -0.25) is 0 Å². The molecule has 1 atom stereocenters. The molecule has 1 aromatic carbocycles. The van der Waals surface area contributed by atoms with Gasteiger partial charge in [-0.25, -0.2) is 0 Å². The summed E-state index contributed by atoms with van der Waals surface area (Å²) in [6.45, 7) is 4.33. The van der Waals surface area contributed by atoms with Gasteiger partial charge in [0, 0.05) is 6.04 Å². The number of benzene rings is 1. The van der Waals surface area contributed by atoms with Crippen molar-refractivity contribution >= 4 is 0 Å². The van der Waals surface area contributed by atoms with Crippen molar-refractivity contribution in [3.63, 3.8) is 0 Å². The van der Waals surface area contributed by atoms with E-state index in [0.29, 0.717) is 5.92 Å². The molecule has 2 N–H and O–H groups in total. The summed E-state index contributed by atoms with van der Waals surface area (Å²) in [7, 11) is 0. The molecule has 0 aromatic heterocycles. The van der Waals surface area contributed by atoms with E-state index in [9.17, 15) is 0 Å². The largest absolute Gasteiger partial charge is 0.324 e. The van der Waals surface area contributed by atoms with Gasteiger partial charge in [0.1, 0.15) is 0 Å². The minimum Gasteiger partial charge on any atom is -0.324 e. The Morgan fingerprint density at radius 2 is 1.81 bits per heavy atom. The summed E-state index contributed by atoms with van der Waals surface area (Å²) in [5.74, 6) is 0.703. The lowest BCUT2D eigenvalue weighted by Crippen LogP contribution is -2.24. The maximum atomic E-state index is 6.44. The molecule has 1 fully saturated rings. The Labute approximate surface area is 99.0 Å². The quantitative estimate of drug-likeness (QED) is 0.799. The maximum absolute atomic E-state index is 6.44. The fraction of sp³-hybridized carbons (Fsp3) is 0.600. The van der Waals surface area contributed by atoms with Gasteiger partial charge in [0.15, 0.2) is 0 Å². The van der Waals surface area contributed by atoms with E-state index >= 15 is 0 Å². The molecule has 1 nitrogen and oxygen atoms in total. The Kier molecular flexibility index (Phi) is 3.65. The van der Waals surface area contributed by atoms with Crippen LogP contribution in [-0.4, -0.2) is 0 Å². The molecule has 0 amide bonds. The molecule has 1 aromatic rings. The molecule has 16 heavy (non-hydrogen) atoms. The van der Waals surface area contributed by atoms with Crippen LogP contribution in [-0.2, 0) is 0 Å². The van der Waals surface area contributed by atoms with Crippen LogP contribution in [0.4, 0.5) is 0 Å². The summed E-state index contributed by atoms with van der Waals surface area (Å²) in [4.78, 5) is 0. The van der Waals surface area contributed by atoms with E-state index in [1.165, 1.54) is 48.8 Å². The topological polar surface area (TPSA) is 26.0 Å². The molecule has 0 heterocycles. The van der Waals surface area contributed by atoms with Gasteiger partial charge in [0.05, 0.1) is 0 Å². The lowest BCUT2D eigenvalue weighted by atomic mass is 9.80. The SMILES string of the molecule is Cc1ccc(C)c(C(N)C2CCCCC2)c1. The number of aryl methyl sites for hydroxylation is 2. The van der Waals surface area contributed by atoms with Crippen LogP contribution in [0.5, 0.6) is 0 Å². The molecule has 0 saturated heterocycles. The minimum atomic E-state index is 0.250. The van der Waals surface area contributed by atoms with Crippen molar-refractivity contribution in [1.82, 2.24) is 0 Å². The average molecular weight is 217 g/mol. The molecule has 0 spiro atoms. The highest BCUT2D eigenvalue weighted by Gasteiger charge is 2.22. The van der Waals surface area contributed by atoms with Crippen LogP contribution in [0.1, 0.15) is 54.8 Å². The smallest absolute Gasteiger partial charge is 0.0326 e. The second-order valence-corrected chi connectivity index (χ2v) is 5.28. The zero-order valence-corrected chi connectivity index (χ0v) is 10.5. The van der Waals surface area contributed by atoms with Gasteiger partial charge in [0.2, 0.25) is 0 Å². The number of nitrogens with two attached hydrogens (primary N) is 1. The fourth-order valence-corrected chi connectivity index (χ4v) is 2.87. The zero-order chi connectivity index (χ0) is 11.5. The van der Waals surface area contributed by atoms with E-state index in [0.717, 1.165) is 0 Å². The van der Waals surface area contributed by atoms with Crippen molar-refractivity contribution in [3.05, 3.63) is 34.9 Å². The first-order chi connectivity index (χ1) is 7.68. The van der Waals surface area contributed by atoms with E-state index < -0.39 is 0 Å². The monoisotopic (exact) mass is 217 g/mol. The first-order valence-electron chi connectivity index (χ1n) is 6.51. The number of hydrogen-bond donors (Lipinski definition) is 1. The summed E-state index contributed by atoms with van der Waals surface area (Å²) in [6.07, 6.45) is 6.76. The van der Waals surface area contributed by atoms with E-state index in [2.05, 4.69) is 32.0 Å². The fourth-order valence-electron chi connectivity index (χ4n) is 2.87. The zero-order valence-electron chi connectivity index (χ0n) is 10.5. The highest BCUT2D eigenvalue weighted by atomic mass is 14.7. The van der Waals surface area contributed by atoms with E-state index in [-0.39, 0.29) is 6.04 Å². The van der Waals surface area contributed by atoms with Crippen LogP contribution in [0.3, 0.4) is 0 Å². The summed E-state index contributed by atoms with van der Waals surface area (Å²) in [5, 5.41) is 0. The molecule has 1 unspecified atom stereocenters. The summed E-state index contributed by atoms with van der Waals surface area (Å²) < 4.78 is 0. The van der Waals surface area contributed by atoms with Crippen molar-refractivity contribution in [2.24, 2.45) is 11.7 Å². The van der Waals surface area contributed by atoms with Gasteiger partial charge in [0.25, 0.3) is 0 Å². The summed E-state index contributed by atoms with van der Waals surface area (Å²) >= 11 is 0. The van der Waals surface area contributed by atoms with Crippen LogP contribution >= 0.6 is 0 Å². The van der Waals surface area contributed by atoms with Crippen molar-refractivity contribution in [1.29, 1.82) is 0 Å². The Balaban J connectivity index is 2.18. The third kappa shape index (κ3) is 2.46. The predicted molar refractivity (Wildman–Crippen MR) is 69.4 cm³/mol. The molecular weight excluding hydrogens is 194 g/mol. The number of rotatable bonds is 2. The molecule has 0 aliphatic heterocycles. The van der Waals surface area contributed by atoms with Gasteiger partial charge < -0.3 is 5.73 Å². The Morgan fingerprint density at radius 1 is 1.12 bits per heavy atom. The van der Waals surface area contributed by atoms with E-state index in [1.807, 2.05) is 0 Å². The third-order valence-electron chi connectivity index (χ3n) is 3.95. The average Bonchev–Trinajstić information content (AvgIpc) is 2.32. The Morgan fingerprint density at radius 3 is 2.50 bits per heavy atom. The first-order valence-corrected chi connectivity index (χ1v) is 6.51. The molecule has 0 radical (unpaired) electrons. The highest BCUT2D eigenvalue weighted by Crippen LogP contribution is 2.34. The second kappa shape index (κ2) is 5.01. The number of hydrogen-bond acceptors (Lipinski definition) is 1. The van der Waals surface area contributed by atoms with E-state index in [1.54, 1.807) is 0 Å². The predicted octanol–water partition coefficient (Wildman–Crippen LogP) is 3.88. The van der Waals surface area contributed by atoms with Crippen LogP contribution < -0.4 is 5.73 Å². The molecule has 1 saturated carbocycles. The van der Waals surface area contributed by atoms with Crippen molar-refractivity contribution in [2.75, 3.05) is 0 Å². The molecule has 1 heteroatoms.